The van der Waals surface area contributed by atoms with Crippen molar-refractivity contribution in [2.24, 2.45) is 0 Å². The van der Waals surface area contributed by atoms with E-state index >= 15 is 0 Å². The van der Waals surface area contributed by atoms with Crippen LogP contribution in [0.25, 0.3) is 47.8 Å². The Morgan fingerprint density at radius 1 is 0.710 bits per heavy atom. The van der Waals surface area contributed by atoms with Gasteiger partial charge in [0, 0.05) is 32.7 Å². The number of benzene rings is 4. The quantitative estimate of drug-likeness (QED) is 0.380. The lowest BCUT2D eigenvalue weighted by Crippen LogP contribution is -2.29. The van der Waals surface area contributed by atoms with Crippen LogP contribution in [-0.2, 0) is 0 Å². The molecule has 4 aromatic carbocycles. The fourth-order valence-corrected chi connectivity index (χ4v) is 5.57. The van der Waals surface area contributed by atoms with E-state index in [0.717, 1.165) is 37.0 Å². The Morgan fingerprint density at radius 2 is 1.45 bits per heavy atom. The number of nitrogens with zero attached hydrogens (tertiary/aromatic N) is 1. The molecule has 5 heteroatoms. The molecule has 2 heterocycles. The second-order valence-electron chi connectivity index (χ2n) is 7.72. The molecule has 0 spiro atoms. The van der Waals surface area contributed by atoms with E-state index < -0.39 is 7.12 Å². The smallest absolute Gasteiger partial charge is 0.423 e. The second-order valence-corrected chi connectivity index (χ2v) is 8.77. The number of hydrogen-bond donors (Lipinski definition) is 2. The monoisotopic (exact) mass is 419 g/mol. The summed E-state index contributed by atoms with van der Waals surface area (Å²) in [6.07, 6.45) is 4.34. The Bertz CT molecular complexity index is 1550. The highest BCUT2D eigenvalue weighted by Gasteiger charge is 2.18. The van der Waals surface area contributed by atoms with Crippen LogP contribution in [0.2, 0.25) is 0 Å². The minimum absolute atomic E-state index is 0.555. The molecule has 0 aliphatic heterocycles. The molecule has 0 atom stereocenters. The van der Waals surface area contributed by atoms with Gasteiger partial charge in [-0.05, 0) is 45.4 Å². The van der Waals surface area contributed by atoms with E-state index in [1.165, 1.54) is 10.8 Å². The third-order valence-corrected chi connectivity index (χ3v) is 7.09. The van der Waals surface area contributed by atoms with Crippen molar-refractivity contribution in [1.29, 1.82) is 0 Å². The van der Waals surface area contributed by atoms with Crippen LogP contribution in [0.3, 0.4) is 0 Å². The molecule has 0 aliphatic rings. The number of hydrogen-bond acceptors (Lipinski definition) is 3. The van der Waals surface area contributed by atoms with Gasteiger partial charge in [0.2, 0.25) is 0 Å². The van der Waals surface area contributed by atoms with Gasteiger partial charge in [0.1, 0.15) is 0 Å². The minimum atomic E-state index is -1.47. The third-order valence-electron chi connectivity index (χ3n) is 5.85. The van der Waals surface area contributed by atoms with Crippen molar-refractivity contribution in [3.63, 3.8) is 0 Å². The van der Waals surface area contributed by atoms with Gasteiger partial charge in [-0.2, -0.15) is 0 Å². The summed E-state index contributed by atoms with van der Waals surface area (Å²) in [6, 6.07) is 29.0. The molecule has 6 rings (SSSR count). The largest absolute Gasteiger partial charge is 0.489 e. The molecular weight excluding hydrogens is 401 g/mol. The molecule has 31 heavy (non-hydrogen) atoms. The normalized spacial score (nSPS) is 11.5. The van der Waals surface area contributed by atoms with E-state index in [4.69, 9.17) is 0 Å². The summed E-state index contributed by atoms with van der Waals surface area (Å²) in [4.78, 5) is 0. The maximum absolute atomic E-state index is 9.76. The standard InChI is InChI=1S/C26H18BNO2S/c29-27(30)23-10-5-9-21-22-14-17(12-13-25(22)31-26(21)23)20-8-3-4-11-24(20)28-15-18-6-1-2-7-19(18)16-28/h1-16,29-30H. The minimum Gasteiger partial charge on any atom is -0.423 e. The molecule has 3 nitrogen and oxygen atoms in total. The van der Waals surface area contributed by atoms with E-state index in [-0.39, 0.29) is 0 Å². The molecule has 0 fully saturated rings. The molecule has 2 N–H and O–H groups in total. The highest BCUT2D eigenvalue weighted by atomic mass is 32.1. The van der Waals surface area contributed by atoms with Crippen molar-refractivity contribution in [2.45, 2.75) is 0 Å². The highest BCUT2D eigenvalue weighted by molar-refractivity contribution is 7.27. The molecular formula is C26H18BNO2S. The molecule has 0 saturated heterocycles. The average molecular weight is 419 g/mol. The molecule has 2 aromatic heterocycles. The molecule has 148 valence electrons. The Balaban J connectivity index is 1.56. The van der Waals surface area contributed by atoms with Crippen molar-refractivity contribution in [2.75, 3.05) is 0 Å². The van der Waals surface area contributed by atoms with Crippen LogP contribution in [0.4, 0.5) is 0 Å². The zero-order chi connectivity index (χ0) is 20.9. The maximum atomic E-state index is 9.76. The predicted molar refractivity (Wildman–Crippen MR) is 131 cm³/mol. The van der Waals surface area contributed by atoms with Crippen molar-refractivity contribution in [3.8, 4) is 16.8 Å². The topological polar surface area (TPSA) is 45.4 Å². The first-order chi connectivity index (χ1) is 15.2. The average Bonchev–Trinajstić information content (AvgIpc) is 3.40. The second kappa shape index (κ2) is 7.10. The van der Waals surface area contributed by atoms with Crippen molar-refractivity contribution >= 4 is 54.9 Å². The Morgan fingerprint density at radius 3 is 2.23 bits per heavy atom. The summed E-state index contributed by atoms with van der Waals surface area (Å²) < 4.78 is 4.25. The van der Waals surface area contributed by atoms with Crippen LogP contribution in [-0.4, -0.2) is 21.7 Å². The van der Waals surface area contributed by atoms with E-state index in [1.54, 1.807) is 17.4 Å². The van der Waals surface area contributed by atoms with Crippen LogP contribution in [0.15, 0.2) is 97.3 Å². The van der Waals surface area contributed by atoms with E-state index in [9.17, 15) is 10.0 Å². The summed E-state index contributed by atoms with van der Waals surface area (Å²) in [5.74, 6) is 0. The molecule has 0 bridgehead atoms. The lowest BCUT2D eigenvalue weighted by atomic mass is 9.79. The van der Waals surface area contributed by atoms with Gasteiger partial charge in [-0.25, -0.2) is 0 Å². The number of aromatic nitrogens is 1. The summed E-state index contributed by atoms with van der Waals surface area (Å²) in [5.41, 5.74) is 3.97. The van der Waals surface area contributed by atoms with Gasteiger partial charge >= 0.3 is 7.12 Å². The van der Waals surface area contributed by atoms with E-state index in [0.29, 0.717) is 5.46 Å². The van der Waals surface area contributed by atoms with Gasteiger partial charge in [-0.1, -0.05) is 66.7 Å². The van der Waals surface area contributed by atoms with Gasteiger partial charge in [-0.15, -0.1) is 11.3 Å². The first-order valence-electron chi connectivity index (χ1n) is 10.2. The zero-order valence-electron chi connectivity index (χ0n) is 16.6. The molecule has 0 radical (unpaired) electrons. The third kappa shape index (κ3) is 2.98. The first-order valence-corrected chi connectivity index (χ1v) is 11.0. The number of thiophene rings is 1. The molecule has 0 saturated carbocycles. The van der Waals surface area contributed by atoms with Crippen LogP contribution in [0, 0.1) is 0 Å². The SMILES string of the molecule is OB(O)c1cccc2c1sc1ccc(-c3ccccc3-n3cc4ccccc4c3)cc12. The number of fused-ring (bicyclic) bond motifs is 4. The van der Waals surface area contributed by atoms with Crippen molar-refractivity contribution in [1.82, 2.24) is 4.57 Å². The summed E-state index contributed by atoms with van der Waals surface area (Å²) in [6.45, 7) is 0. The predicted octanol–water partition coefficient (Wildman–Crippen LogP) is 5.35. The van der Waals surface area contributed by atoms with E-state index in [1.807, 2.05) is 12.1 Å². The summed E-state index contributed by atoms with van der Waals surface area (Å²) in [5, 5.41) is 24.1. The van der Waals surface area contributed by atoms with Gasteiger partial charge in [0.15, 0.2) is 0 Å². The lowest BCUT2D eigenvalue weighted by molar-refractivity contribution is 0.426. The van der Waals surface area contributed by atoms with Gasteiger partial charge in [0.25, 0.3) is 0 Å². The van der Waals surface area contributed by atoms with Gasteiger partial charge < -0.3 is 14.6 Å². The van der Waals surface area contributed by atoms with Crippen molar-refractivity contribution < 1.29 is 10.0 Å². The lowest BCUT2D eigenvalue weighted by Gasteiger charge is -2.11. The first kappa shape index (κ1) is 18.4. The zero-order valence-corrected chi connectivity index (χ0v) is 17.4. The number of rotatable bonds is 3. The van der Waals surface area contributed by atoms with Crippen molar-refractivity contribution in [3.05, 3.63) is 97.3 Å². The molecule has 0 aliphatic carbocycles. The summed E-state index contributed by atoms with van der Waals surface area (Å²) >= 11 is 1.60. The van der Waals surface area contributed by atoms with Gasteiger partial charge in [-0.3, -0.25) is 0 Å². The molecule has 0 amide bonds. The van der Waals surface area contributed by atoms with Crippen LogP contribution < -0.4 is 5.46 Å². The van der Waals surface area contributed by atoms with E-state index in [2.05, 4.69) is 83.7 Å². The molecule has 6 aromatic rings. The molecule has 0 unspecified atom stereocenters. The Labute approximate surface area is 183 Å². The Hall–Kier alpha value is -3.38. The number of para-hydroxylation sites is 1. The maximum Gasteiger partial charge on any atom is 0.489 e. The van der Waals surface area contributed by atoms with Crippen LogP contribution >= 0.6 is 11.3 Å². The fraction of sp³-hybridized carbons (Fsp3) is 0. The van der Waals surface area contributed by atoms with Crippen LogP contribution in [0.1, 0.15) is 0 Å². The highest BCUT2D eigenvalue weighted by Crippen LogP contribution is 2.37. The fourth-order valence-electron chi connectivity index (χ4n) is 4.36. The Kier molecular flexibility index (Phi) is 4.21. The van der Waals surface area contributed by atoms with Gasteiger partial charge in [0.05, 0.1) is 5.69 Å². The van der Waals surface area contributed by atoms with Crippen LogP contribution in [0.5, 0.6) is 0 Å². The summed E-state index contributed by atoms with van der Waals surface area (Å²) in [7, 11) is -1.47.